The van der Waals surface area contributed by atoms with Gasteiger partial charge in [-0.25, -0.2) is 0 Å². The summed E-state index contributed by atoms with van der Waals surface area (Å²) in [6.45, 7) is 0. The SMILES string of the molecule is Nc1ccc2occc2c1C(=O)CCl. The zero-order valence-electron chi connectivity index (χ0n) is 7.29. The van der Waals surface area contributed by atoms with E-state index < -0.39 is 0 Å². The van der Waals surface area contributed by atoms with Crippen LogP contribution in [0.5, 0.6) is 0 Å². The molecule has 1 aromatic heterocycles. The van der Waals surface area contributed by atoms with Gasteiger partial charge in [-0.15, -0.1) is 11.6 Å². The van der Waals surface area contributed by atoms with Crippen molar-refractivity contribution in [2.45, 2.75) is 0 Å². The summed E-state index contributed by atoms with van der Waals surface area (Å²) in [5.74, 6) is -0.259. The van der Waals surface area contributed by atoms with Gasteiger partial charge in [0.25, 0.3) is 0 Å². The van der Waals surface area contributed by atoms with Gasteiger partial charge >= 0.3 is 0 Å². The second-order valence-corrected chi connectivity index (χ2v) is 3.19. The van der Waals surface area contributed by atoms with E-state index >= 15 is 0 Å². The van der Waals surface area contributed by atoms with Crippen LogP contribution >= 0.6 is 11.6 Å². The maximum Gasteiger partial charge on any atom is 0.180 e. The first kappa shape index (κ1) is 9.09. The van der Waals surface area contributed by atoms with Gasteiger partial charge in [-0.3, -0.25) is 4.79 Å². The van der Waals surface area contributed by atoms with Crippen LogP contribution in [-0.4, -0.2) is 11.7 Å². The summed E-state index contributed by atoms with van der Waals surface area (Å²) >= 11 is 5.49. The first-order chi connectivity index (χ1) is 6.74. The molecular weight excluding hydrogens is 202 g/mol. The third kappa shape index (κ3) is 1.26. The van der Waals surface area contributed by atoms with E-state index in [1.807, 2.05) is 0 Å². The molecule has 0 atom stereocenters. The van der Waals surface area contributed by atoms with Gasteiger partial charge in [0.15, 0.2) is 5.78 Å². The van der Waals surface area contributed by atoms with Gasteiger partial charge in [0.05, 0.1) is 17.7 Å². The van der Waals surface area contributed by atoms with Crippen molar-refractivity contribution < 1.29 is 9.21 Å². The minimum Gasteiger partial charge on any atom is -0.464 e. The molecule has 2 N–H and O–H groups in total. The van der Waals surface area contributed by atoms with Crippen molar-refractivity contribution in [3.8, 4) is 0 Å². The fraction of sp³-hybridized carbons (Fsp3) is 0.100. The Kier molecular flexibility index (Phi) is 2.17. The lowest BCUT2D eigenvalue weighted by Gasteiger charge is -2.02. The largest absolute Gasteiger partial charge is 0.464 e. The number of benzene rings is 1. The molecule has 0 aliphatic heterocycles. The summed E-state index contributed by atoms with van der Waals surface area (Å²) in [7, 11) is 0. The number of ketones is 1. The Morgan fingerprint density at radius 2 is 2.21 bits per heavy atom. The molecule has 0 aliphatic carbocycles. The Bertz CT molecular complexity index is 490. The van der Waals surface area contributed by atoms with Crippen LogP contribution in [0.2, 0.25) is 0 Å². The van der Waals surface area contributed by atoms with E-state index in [4.69, 9.17) is 21.8 Å². The highest BCUT2D eigenvalue weighted by molar-refractivity contribution is 6.32. The standard InChI is InChI=1S/C10H8ClNO2/c11-5-8(13)10-6-3-4-14-9(6)2-1-7(10)12/h1-4H,5,12H2. The average molecular weight is 210 g/mol. The van der Waals surface area contributed by atoms with Crippen LogP contribution in [-0.2, 0) is 0 Å². The highest BCUT2D eigenvalue weighted by Crippen LogP contribution is 2.25. The van der Waals surface area contributed by atoms with Gasteiger partial charge in [0.1, 0.15) is 5.58 Å². The molecule has 1 aromatic carbocycles. The van der Waals surface area contributed by atoms with Crippen LogP contribution in [0.1, 0.15) is 10.4 Å². The monoisotopic (exact) mass is 209 g/mol. The zero-order valence-corrected chi connectivity index (χ0v) is 8.04. The summed E-state index contributed by atoms with van der Waals surface area (Å²) in [6, 6.07) is 5.09. The Morgan fingerprint density at radius 3 is 2.93 bits per heavy atom. The average Bonchev–Trinajstić information content (AvgIpc) is 2.64. The number of halogens is 1. The Hall–Kier alpha value is -1.48. The van der Waals surface area contributed by atoms with Gasteiger partial charge in [0.2, 0.25) is 0 Å². The van der Waals surface area contributed by atoms with Crippen molar-refractivity contribution in [2.75, 3.05) is 11.6 Å². The predicted molar refractivity (Wildman–Crippen MR) is 55.7 cm³/mol. The van der Waals surface area contributed by atoms with Gasteiger partial charge in [0, 0.05) is 11.1 Å². The number of furan rings is 1. The predicted octanol–water partition coefficient (Wildman–Crippen LogP) is 2.44. The summed E-state index contributed by atoms with van der Waals surface area (Å²) in [6.07, 6.45) is 1.52. The fourth-order valence-electron chi connectivity index (χ4n) is 1.44. The molecule has 0 saturated heterocycles. The van der Waals surface area contributed by atoms with Crippen LogP contribution in [0, 0.1) is 0 Å². The molecule has 72 valence electrons. The molecule has 2 aromatic rings. The van der Waals surface area contributed by atoms with Crippen molar-refractivity contribution in [3.63, 3.8) is 0 Å². The molecular formula is C10H8ClNO2. The van der Waals surface area contributed by atoms with Crippen molar-refractivity contribution in [1.29, 1.82) is 0 Å². The highest BCUT2D eigenvalue weighted by atomic mass is 35.5. The van der Waals surface area contributed by atoms with Crippen molar-refractivity contribution in [1.82, 2.24) is 0 Å². The molecule has 4 heteroatoms. The highest BCUT2D eigenvalue weighted by Gasteiger charge is 2.13. The minimum atomic E-state index is -0.184. The number of rotatable bonds is 2. The second kappa shape index (κ2) is 3.35. The molecule has 0 spiro atoms. The smallest absolute Gasteiger partial charge is 0.180 e. The maximum absolute atomic E-state index is 11.5. The number of nitrogens with two attached hydrogens (primary N) is 1. The van der Waals surface area contributed by atoms with E-state index in [0.717, 1.165) is 5.39 Å². The van der Waals surface area contributed by atoms with Crippen LogP contribution < -0.4 is 5.73 Å². The summed E-state index contributed by atoms with van der Waals surface area (Å²) in [5, 5.41) is 0.718. The number of hydrogen-bond acceptors (Lipinski definition) is 3. The molecule has 0 unspecified atom stereocenters. The van der Waals surface area contributed by atoms with E-state index in [1.165, 1.54) is 6.26 Å². The first-order valence-electron chi connectivity index (χ1n) is 4.09. The number of carbonyl (C=O) groups excluding carboxylic acids is 1. The summed E-state index contributed by atoms with van der Waals surface area (Å²) < 4.78 is 5.16. The number of fused-ring (bicyclic) bond motifs is 1. The topological polar surface area (TPSA) is 56.2 Å². The van der Waals surface area contributed by atoms with Crippen LogP contribution in [0.4, 0.5) is 5.69 Å². The minimum absolute atomic E-state index is 0.0749. The lowest BCUT2D eigenvalue weighted by Crippen LogP contribution is -2.05. The number of alkyl halides is 1. The quantitative estimate of drug-likeness (QED) is 0.470. The van der Waals surface area contributed by atoms with Gasteiger partial charge in [-0.1, -0.05) is 0 Å². The van der Waals surface area contributed by atoms with E-state index in [9.17, 15) is 4.79 Å². The Morgan fingerprint density at radius 1 is 1.43 bits per heavy atom. The fourth-order valence-corrected chi connectivity index (χ4v) is 1.57. The van der Waals surface area contributed by atoms with Gasteiger partial charge in [-0.05, 0) is 18.2 Å². The molecule has 2 rings (SSSR count). The second-order valence-electron chi connectivity index (χ2n) is 2.92. The molecule has 0 amide bonds. The van der Waals surface area contributed by atoms with Crippen LogP contribution in [0.3, 0.4) is 0 Å². The number of nitrogen functional groups attached to an aromatic ring is 1. The molecule has 0 aliphatic rings. The van der Waals surface area contributed by atoms with E-state index in [-0.39, 0.29) is 11.7 Å². The normalized spacial score (nSPS) is 10.6. The third-order valence-electron chi connectivity index (χ3n) is 2.07. The number of Topliss-reactive ketones (excluding diaryl/α,β-unsaturated/α-hetero) is 1. The van der Waals surface area contributed by atoms with Crippen LogP contribution in [0.25, 0.3) is 11.0 Å². The lowest BCUT2D eigenvalue weighted by atomic mass is 10.1. The molecule has 0 saturated carbocycles. The molecule has 3 nitrogen and oxygen atoms in total. The number of carbonyl (C=O) groups is 1. The summed E-state index contributed by atoms with van der Waals surface area (Å²) in [4.78, 5) is 11.5. The maximum atomic E-state index is 11.5. The van der Waals surface area contributed by atoms with Crippen molar-refractivity contribution in [2.24, 2.45) is 0 Å². The van der Waals surface area contributed by atoms with Crippen LogP contribution in [0.15, 0.2) is 28.9 Å². The molecule has 14 heavy (non-hydrogen) atoms. The van der Waals surface area contributed by atoms with Gasteiger partial charge < -0.3 is 10.2 Å². The van der Waals surface area contributed by atoms with E-state index in [2.05, 4.69) is 0 Å². The molecule has 0 bridgehead atoms. The molecule has 1 heterocycles. The van der Waals surface area contributed by atoms with Gasteiger partial charge in [-0.2, -0.15) is 0 Å². The first-order valence-corrected chi connectivity index (χ1v) is 4.62. The number of anilines is 1. The molecule has 0 fully saturated rings. The Labute approximate surface area is 85.4 Å². The Balaban J connectivity index is 2.76. The zero-order chi connectivity index (χ0) is 10.1. The van der Waals surface area contributed by atoms with Crippen molar-refractivity contribution in [3.05, 3.63) is 30.0 Å². The third-order valence-corrected chi connectivity index (χ3v) is 2.31. The van der Waals surface area contributed by atoms with E-state index in [1.54, 1.807) is 18.2 Å². The summed E-state index contributed by atoms with van der Waals surface area (Å²) in [5.41, 5.74) is 7.23. The molecule has 0 radical (unpaired) electrons. The lowest BCUT2D eigenvalue weighted by molar-refractivity contribution is 0.102. The van der Waals surface area contributed by atoms with Crippen molar-refractivity contribution >= 4 is 34.0 Å². The van der Waals surface area contributed by atoms with E-state index in [0.29, 0.717) is 16.8 Å². The number of hydrogen-bond donors (Lipinski definition) is 1.